The smallest absolute Gasteiger partial charge is 0.310 e. The Balaban J connectivity index is 1.95. The highest BCUT2D eigenvalue weighted by molar-refractivity contribution is 5.81. The van der Waals surface area contributed by atoms with Crippen LogP contribution in [0.1, 0.15) is 46.0 Å². The van der Waals surface area contributed by atoms with Gasteiger partial charge in [0.2, 0.25) is 0 Å². The van der Waals surface area contributed by atoms with Crippen molar-refractivity contribution in [2.45, 2.75) is 46.0 Å². The van der Waals surface area contributed by atoms with Crippen LogP contribution in [0.15, 0.2) is 4.99 Å². The first-order valence-corrected chi connectivity index (χ1v) is 9.33. The second-order valence-electron chi connectivity index (χ2n) is 6.95. The van der Waals surface area contributed by atoms with E-state index in [0.717, 1.165) is 51.5 Å². The van der Waals surface area contributed by atoms with E-state index < -0.39 is 0 Å². The lowest BCUT2D eigenvalue weighted by atomic mass is 9.98. The normalized spacial score (nSPS) is 23.0. The first-order chi connectivity index (χ1) is 11.6. The highest BCUT2D eigenvalue weighted by Crippen LogP contribution is 2.49. The molecule has 0 amide bonds. The number of carbonyl (C=O) groups is 1. The summed E-state index contributed by atoms with van der Waals surface area (Å²) in [6.45, 7) is 8.54. The SMILES string of the molecule is CCNC(=NCC1(CCOC)CC1)N1CCC[C@@H](C(=O)OCC)C1. The van der Waals surface area contributed by atoms with Crippen LogP contribution in [-0.2, 0) is 14.3 Å². The number of hydrogen-bond acceptors (Lipinski definition) is 4. The molecule has 6 nitrogen and oxygen atoms in total. The van der Waals surface area contributed by atoms with E-state index in [2.05, 4.69) is 17.1 Å². The van der Waals surface area contributed by atoms with E-state index in [9.17, 15) is 4.79 Å². The molecule has 0 unspecified atom stereocenters. The number of guanidine groups is 1. The molecule has 0 aromatic rings. The minimum atomic E-state index is -0.0724. The van der Waals surface area contributed by atoms with Gasteiger partial charge in [0.1, 0.15) is 0 Å². The Bertz CT molecular complexity index is 435. The Morgan fingerprint density at radius 1 is 1.38 bits per heavy atom. The lowest BCUT2D eigenvalue weighted by Crippen LogP contribution is -2.48. The third-order valence-corrected chi connectivity index (χ3v) is 5.03. The summed E-state index contributed by atoms with van der Waals surface area (Å²) in [5, 5.41) is 3.39. The zero-order chi connectivity index (χ0) is 17.4. The van der Waals surface area contributed by atoms with Crippen LogP contribution in [0.4, 0.5) is 0 Å². The molecule has 2 rings (SSSR count). The molecule has 2 fully saturated rings. The van der Waals surface area contributed by atoms with Gasteiger partial charge in [-0.05, 0) is 51.4 Å². The van der Waals surface area contributed by atoms with Gasteiger partial charge in [0, 0.05) is 39.9 Å². The van der Waals surface area contributed by atoms with Gasteiger partial charge in [0.25, 0.3) is 0 Å². The number of carbonyl (C=O) groups excluding carboxylic acids is 1. The Labute approximate surface area is 146 Å². The zero-order valence-corrected chi connectivity index (χ0v) is 15.5. The summed E-state index contributed by atoms with van der Waals surface area (Å²) in [4.78, 5) is 19.2. The Morgan fingerprint density at radius 2 is 2.17 bits per heavy atom. The predicted octanol–water partition coefficient (Wildman–Crippen LogP) is 2.04. The molecule has 0 spiro atoms. The molecule has 6 heteroatoms. The summed E-state index contributed by atoms with van der Waals surface area (Å²) >= 11 is 0. The monoisotopic (exact) mass is 339 g/mol. The fraction of sp³-hybridized carbons (Fsp3) is 0.889. The molecule has 2 aliphatic rings. The van der Waals surface area contributed by atoms with Crippen molar-refractivity contribution in [1.29, 1.82) is 0 Å². The van der Waals surface area contributed by atoms with Gasteiger partial charge >= 0.3 is 5.97 Å². The van der Waals surface area contributed by atoms with E-state index in [-0.39, 0.29) is 11.9 Å². The van der Waals surface area contributed by atoms with E-state index in [0.29, 0.717) is 18.6 Å². The highest BCUT2D eigenvalue weighted by atomic mass is 16.5. The van der Waals surface area contributed by atoms with Gasteiger partial charge in [-0.1, -0.05) is 0 Å². The van der Waals surface area contributed by atoms with E-state index in [1.165, 1.54) is 12.8 Å². The van der Waals surface area contributed by atoms with Gasteiger partial charge in [-0.25, -0.2) is 0 Å². The van der Waals surface area contributed by atoms with Gasteiger partial charge in [-0.2, -0.15) is 0 Å². The van der Waals surface area contributed by atoms with Crippen molar-refractivity contribution < 1.29 is 14.3 Å². The minimum absolute atomic E-state index is 0.0362. The molecule has 1 saturated heterocycles. The van der Waals surface area contributed by atoms with Crippen LogP contribution >= 0.6 is 0 Å². The lowest BCUT2D eigenvalue weighted by Gasteiger charge is -2.34. The van der Waals surface area contributed by atoms with Crippen LogP contribution in [-0.4, -0.2) is 63.3 Å². The number of nitrogens with one attached hydrogen (secondary N) is 1. The minimum Gasteiger partial charge on any atom is -0.466 e. The third kappa shape index (κ3) is 5.36. The summed E-state index contributed by atoms with van der Waals surface area (Å²) in [7, 11) is 1.76. The Morgan fingerprint density at radius 3 is 2.79 bits per heavy atom. The van der Waals surface area contributed by atoms with Crippen LogP contribution in [0.3, 0.4) is 0 Å². The van der Waals surface area contributed by atoms with Crippen molar-refractivity contribution in [2.75, 3.05) is 46.5 Å². The molecule has 138 valence electrons. The van der Waals surface area contributed by atoms with Gasteiger partial charge < -0.3 is 19.7 Å². The lowest BCUT2D eigenvalue weighted by molar-refractivity contribution is -0.149. The van der Waals surface area contributed by atoms with Crippen molar-refractivity contribution in [1.82, 2.24) is 10.2 Å². The predicted molar refractivity (Wildman–Crippen MR) is 95.1 cm³/mol. The van der Waals surface area contributed by atoms with Crippen molar-refractivity contribution >= 4 is 11.9 Å². The van der Waals surface area contributed by atoms with Crippen LogP contribution in [0.25, 0.3) is 0 Å². The maximum absolute atomic E-state index is 12.0. The second-order valence-corrected chi connectivity index (χ2v) is 6.95. The average Bonchev–Trinajstić information content (AvgIpc) is 3.37. The fourth-order valence-electron chi connectivity index (χ4n) is 3.27. The number of rotatable bonds is 8. The first-order valence-electron chi connectivity index (χ1n) is 9.33. The topological polar surface area (TPSA) is 63.2 Å². The average molecular weight is 339 g/mol. The summed E-state index contributed by atoms with van der Waals surface area (Å²) < 4.78 is 10.4. The molecular weight excluding hydrogens is 306 g/mol. The zero-order valence-electron chi connectivity index (χ0n) is 15.5. The molecule has 1 saturated carbocycles. The molecule has 0 bridgehead atoms. The van der Waals surface area contributed by atoms with Crippen LogP contribution in [0.2, 0.25) is 0 Å². The summed E-state index contributed by atoms with van der Waals surface area (Å²) in [6, 6.07) is 0. The van der Waals surface area contributed by atoms with Crippen molar-refractivity contribution in [3.05, 3.63) is 0 Å². The number of esters is 1. The summed E-state index contributed by atoms with van der Waals surface area (Å²) in [5.74, 6) is 0.831. The van der Waals surface area contributed by atoms with E-state index >= 15 is 0 Å². The highest BCUT2D eigenvalue weighted by Gasteiger charge is 2.42. The van der Waals surface area contributed by atoms with Crippen molar-refractivity contribution in [2.24, 2.45) is 16.3 Å². The molecule has 1 aliphatic carbocycles. The van der Waals surface area contributed by atoms with Gasteiger partial charge in [-0.3, -0.25) is 9.79 Å². The summed E-state index contributed by atoms with van der Waals surface area (Å²) in [5.41, 5.74) is 0.340. The van der Waals surface area contributed by atoms with E-state index in [1.807, 2.05) is 6.92 Å². The molecule has 1 heterocycles. The molecule has 0 radical (unpaired) electrons. The number of ether oxygens (including phenoxy) is 2. The quantitative estimate of drug-likeness (QED) is 0.416. The summed E-state index contributed by atoms with van der Waals surface area (Å²) in [6.07, 6.45) is 5.47. The maximum atomic E-state index is 12.0. The Kier molecular flexibility index (Phi) is 7.34. The van der Waals surface area contributed by atoms with Gasteiger partial charge in [0.05, 0.1) is 12.5 Å². The largest absolute Gasteiger partial charge is 0.466 e. The second kappa shape index (κ2) is 9.25. The third-order valence-electron chi connectivity index (χ3n) is 5.03. The fourth-order valence-corrected chi connectivity index (χ4v) is 3.27. The molecule has 1 aliphatic heterocycles. The maximum Gasteiger partial charge on any atom is 0.310 e. The number of aliphatic imine (C=N–C) groups is 1. The number of nitrogens with zero attached hydrogens (tertiary/aromatic N) is 2. The van der Waals surface area contributed by atoms with Gasteiger partial charge in [-0.15, -0.1) is 0 Å². The Hall–Kier alpha value is -1.30. The van der Waals surface area contributed by atoms with Crippen LogP contribution in [0, 0.1) is 11.3 Å². The number of piperidine rings is 1. The van der Waals surface area contributed by atoms with E-state index in [4.69, 9.17) is 14.5 Å². The number of methoxy groups -OCH3 is 1. The number of likely N-dealkylation sites (tertiary alicyclic amines) is 1. The van der Waals surface area contributed by atoms with Crippen LogP contribution in [0.5, 0.6) is 0 Å². The molecule has 24 heavy (non-hydrogen) atoms. The van der Waals surface area contributed by atoms with Crippen molar-refractivity contribution in [3.8, 4) is 0 Å². The van der Waals surface area contributed by atoms with Crippen LogP contribution < -0.4 is 5.32 Å². The number of hydrogen-bond donors (Lipinski definition) is 1. The molecule has 1 atom stereocenters. The molecule has 0 aromatic heterocycles. The first kappa shape index (κ1) is 19.0. The van der Waals surface area contributed by atoms with Gasteiger partial charge in [0.15, 0.2) is 5.96 Å². The standard InChI is InChI=1S/C18H33N3O3/c1-4-19-17(20-14-18(8-9-18)10-12-23-3)21-11-6-7-15(13-21)16(22)24-5-2/h15H,4-14H2,1-3H3,(H,19,20)/t15-/m1/s1. The van der Waals surface area contributed by atoms with Crippen molar-refractivity contribution in [3.63, 3.8) is 0 Å². The molecular formula is C18H33N3O3. The molecule has 1 N–H and O–H groups in total. The molecule has 0 aromatic carbocycles. The van der Waals surface area contributed by atoms with E-state index in [1.54, 1.807) is 7.11 Å².